The predicted octanol–water partition coefficient (Wildman–Crippen LogP) is -3.23. The van der Waals surface area contributed by atoms with E-state index in [0.717, 1.165) is 6.92 Å². The minimum absolute atomic E-state index is 0.00209. The average Bonchev–Trinajstić information content (AvgIpc) is 3.31. The number of aliphatic hydroxyl groups excluding tert-OH is 1. The van der Waals surface area contributed by atoms with Gasteiger partial charge in [-0.1, -0.05) is 53.7 Å². The molecule has 19 N–H and O–H groups in total. The van der Waals surface area contributed by atoms with E-state index in [4.69, 9.17) is 22.3 Å². The van der Waals surface area contributed by atoms with Crippen LogP contribution in [0, 0.1) is 17.8 Å². The Balaban J connectivity index is 3.36. The van der Waals surface area contributed by atoms with E-state index in [2.05, 4.69) is 47.5 Å². The van der Waals surface area contributed by atoms with Gasteiger partial charge in [0.2, 0.25) is 47.3 Å². The van der Waals surface area contributed by atoms with Crippen molar-refractivity contribution in [2.24, 2.45) is 39.9 Å². The zero-order valence-electron chi connectivity index (χ0n) is 44.1. The number of aliphatic hydroxyl groups is 1. The van der Waals surface area contributed by atoms with E-state index in [0.29, 0.717) is 12.0 Å². The van der Waals surface area contributed by atoms with E-state index in [1.807, 2.05) is 13.8 Å². The molecule has 28 heteroatoms. The second-order valence-corrected chi connectivity index (χ2v) is 19.4. The van der Waals surface area contributed by atoms with E-state index in [1.54, 1.807) is 39.8 Å². The lowest BCUT2D eigenvalue weighted by Crippen LogP contribution is -2.63. The van der Waals surface area contributed by atoms with Gasteiger partial charge >= 0.3 is 17.9 Å². The van der Waals surface area contributed by atoms with E-state index >= 15 is 0 Å². The number of aromatic hydroxyl groups is 1. The average molecular weight is 1080 g/mol. The van der Waals surface area contributed by atoms with Crippen LogP contribution in [0.2, 0.25) is 0 Å². The normalized spacial score (nSPS) is 15.1. The van der Waals surface area contributed by atoms with Gasteiger partial charge in [0.05, 0.1) is 12.1 Å². The molecule has 0 spiro atoms. The first kappa shape index (κ1) is 66.4. The molecule has 28 nitrogen and oxygen atoms in total. The third-order valence-electron chi connectivity index (χ3n) is 11.5. The summed E-state index contributed by atoms with van der Waals surface area (Å²) in [5.41, 5.74) is 17.5. The molecule has 0 aliphatic rings. The summed E-state index contributed by atoms with van der Waals surface area (Å²) in [6.45, 7) is 12.4. The molecule has 0 saturated carbocycles. The lowest BCUT2D eigenvalue weighted by molar-refractivity contribution is -0.144. The molecule has 0 aliphatic heterocycles. The summed E-state index contributed by atoms with van der Waals surface area (Å²) in [5.74, 6) is -13.5. The fourth-order valence-corrected chi connectivity index (χ4v) is 7.23. The Morgan fingerprint density at radius 3 is 1.41 bits per heavy atom. The minimum Gasteiger partial charge on any atom is -0.508 e. The van der Waals surface area contributed by atoms with Crippen LogP contribution in [0.25, 0.3) is 0 Å². The van der Waals surface area contributed by atoms with Crippen molar-refractivity contribution in [1.29, 1.82) is 0 Å². The zero-order valence-corrected chi connectivity index (χ0v) is 44.1. The van der Waals surface area contributed by atoms with Crippen LogP contribution in [0.4, 0.5) is 0 Å². The highest BCUT2D eigenvalue weighted by atomic mass is 16.4. The molecule has 0 aromatic heterocycles. The highest BCUT2D eigenvalue weighted by Gasteiger charge is 2.37. The molecule has 0 unspecified atom stereocenters. The lowest BCUT2D eigenvalue weighted by atomic mass is 9.98. The Morgan fingerprint density at radius 2 is 0.947 bits per heavy atom. The number of carboxylic acids is 3. The number of rotatable bonds is 34. The molecule has 0 heterocycles. The van der Waals surface area contributed by atoms with Crippen LogP contribution in [0.5, 0.6) is 5.75 Å². The highest BCUT2D eigenvalue weighted by Crippen LogP contribution is 2.14. The Labute approximate surface area is 440 Å². The number of carbonyl (C=O) groups excluding carboxylic acids is 8. The number of nitrogens with zero attached hydrogens (tertiary/aromatic N) is 1. The van der Waals surface area contributed by atoms with Crippen LogP contribution in [0.3, 0.4) is 0 Å². The summed E-state index contributed by atoms with van der Waals surface area (Å²) in [6, 6.07) is -7.21. The van der Waals surface area contributed by atoms with Crippen LogP contribution in [-0.4, -0.2) is 164 Å². The number of carbonyl (C=O) groups is 11. The van der Waals surface area contributed by atoms with E-state index in [9.17, 15) is 73.2 Å². The molecule has 426 valence electrons. The van der Waals surface area contributed by atoms with Gasteiger partial charge in [0, 0.05) is 25.8 Å². The number of carboxylic acid groups (broad SMARTS) is 3. The number of benzene rings is 1. The Kier molecular flexibility index (Phi) is 28.5. The summed E-state index contributed by atoms with van der Waals surface area (Å²) in [5, 5.41) is 67.9. The maximum Gasteiger partial charge on any atom is 0.326 e. The number of amides is 8. The first-order chi connectivity index (χ1) is 35.3. The van der Waals surface area contributed by atoms with Crippen molar-refractivity contribution in [3.05, 3.63) is 29.8 Å². The number of nitrogens with one attached hydrogen (secondary N) is 8. The van der Waals surface area contributed by atoms with Crippen LogP contribution >= 0.6 is 0 Å². The minimum atomic E-state index is -1.83. The number of aliphatic imine (C=N–C) groups is 1. The van der Waals surface area contributed by atoms with Crippen molar-refractivity contribution in [3.63, 3.8) is 0 Å². The van der Waals surface area contributed by atoms with Crippen molar-refractivity contribution in [2.45, 2.75) is 167 Å². The number of hydrogen-bond donors (Lipinski definition) is 16. The van der Waals surface area contributed by atoms with Crippen LogP contribution in [0.1, 0.15) is 106 Å². The van der Waals surface area contributed by atoms with Gasteiger partial charge in [-0.25, -0.2) is 4.79 Å². The molecule has 1 aromatic rings. The summed E-state index contributed by atoms with van der Waals surface area (Å²) in [6.07, 6.45) is -4.18. The largest absolute Gasteiger partial charge is 0.508 e. The zero-order chi connectivity index (χ0) is 58.1. The molecular weight excluding hydrogens is 1000 g/mol. The Hall–Kier alpha value is -7.62. The van der Waals surface area contributed by atoms with Gasteiger partial charge in [-0.15, -0.1) is 0 Å². The molecule has 0 saturated heterocycles. The molecular formula is C48H78N12O16. The van der Waals surface area contributed by atoms with Gasteiger partial charge in [-0.05, 0) is 81.4 Å². The number of phenolic OH excluding ortho intramolecular Hbond substituents is 1. The molecule has 0 radical (unpaired) electrons. The van der Waals surface area contributed by atoms with E-state index < -0.39 is 163 Å². The summed E-state index contributed by atoms with van der Waals surface area (Å²) >= 11 is 0. The van der Waals surface area contributed by atoms with Crippen molar-refractivity contribution in [3.8, 4) is 5.75 Å². The van der Waals surface area contributed by atoms with Gasteiger partial charge in [0.15, 0.2) is 5.96 Å². The SMILES string of the molecule is CC(C)C[C@H](N)C(=O)N[C@@H](Cc1ccc(O)cc1)C(=O)N[C@@H](C)C(=O)N[C@H](C(=O)N[C@H](C(=O)N[C@H](C(=O)N[C@@H](CCCN=C(N)N)C(=O)N[C@@H](CCC(=O)O)C(=O)N[C@@H](CCC(=O)O)C(=O)O)[C@@H](C)O)C(C)C)C(C)C. The molecule has 0 aliphatic carbocycles. The second kappa shape index (κ2) is 32.6. The van der Waals surface area contributed by atoms with Gasteiger partial charge < -0.3 is 85.3 Å². The number of hydrogen-bond acceptors (Lipinski definition) is 15. The third-order valence-corrected chi connectivity index (χ3v) is 11.5. The Bertz CT molecular complexity index is 2200. The summed E-state index contributed by atoms with van der Waals surface area (Å²) < 4.78 is 0. The molecule has 8 amide bonds. The summed E-state index contributed by atoms with van der Waals surface area (Å²) in [4.78, 5) is 147. The van der Waals surface area contributed by atoms with E-state index in [1.165, 1.54) is 19.1 Å². The fourth-order valence-electron chi connectivity index (χ4n) is 7.23. The number of guanidine groups is 1. The highest BCUT2D eigenvalue weighted by molar-refractivity contribution is 5.98. The van der Waals surface area contributed by atoms with Gasteiger partial charge in [0.1, 0.15) is 54.1 Å². The van der Waals surface area contributed by atoms with Crippen molar-refractivity contribution in [1.82, 2.24) is 42.5 Å². The molecule has 1 aromatic carbocycles. The monoisotopic (exact) mass is 1080 g/mol. The van der Waals surface area contributed by atoms with Crippen LogP contribution < -0.4 is 59.7 Å². The van der Waals surface area contributed by atoms with Crippen LogP contribution in [-0.2, 0) is 59.2 Å². The number of phenols is 1. The topological polar surface area (TPSA) is 476 Å². The molecule has 76 heavy (non-hydrogen) atoms. The number of nitrogens with two attached hydrogens (primary N) is 3. The second-order valence-electron chi connectivity index (χ2n) is 19.4. The quantitative estimate of drug-likeness (QED) is 0.0183. The van der Waals surface area contributed by atoms with Gasteiger partial charge in [-0.2, -0.15) is 0 Å². The third kappa shape index (κ3) is 24.6. The first-order valence-electron chi connectivity index (χ1n) is 24.7. The number of aliphatic carboxylic acids is 3. The van der Waals surface area contributed by atoms with Gasteiger partial charge in [0.25, 0.3) is 0 Å². The van der Waals surface area contributed by atoms with Crippen molar-refractivity contribution in [2.75, 3.05) is 6.54 Å². The van der Waals surface area contributed by atoms with Gasteiger partial charge in [-0.3, -0.25) is 52.9 Å². The maximum absolute atomic E-state index is 13.9. The summed E-state index contributed by atoms with van der Waals surface area (Å²) in [7, 11) is 0. The van der Waals surface area contributed by atoms with Crippen LogP contribution in [0.15, 0.2) is 29.3 Å². The maximum atomic E-state index is 13.9. The smallest absolute Gasteiger partial charge is 0.326 e. The molecule has 0 bridgehead atoms. The van der Waals surface area contributed by atoms with Crippen molar-refractivity contribution < 1.29 is 78.3 Å². The van der Waals surface area contributed by atoms with Crippen molar-refractivity contribution >= 4 is 71.1 Å². The fraction of sp³-hybridized carbons (Fsp3) is 0.625. The molecule has 10 atom stereocenters. The molecule has 0 fully saturated rings. The molecule has 1 rings (SSSR count). The standard InChI is InChI=1S/C48H78N12O16/c1-22(2)20-29(49)40(68)57-33(21-27-11-13-28(62)14-12-27)43(71)53-25(7)39(67)58-36(23(3)4)44(72)59-37(24(5)6)45(73)60-38(26(8)61)46(74)55-30(10-9-19-52-48(50)51)41(69)54-31(15-17-34(63)64)42(70)56-32(47(75)76)16-18-35(65)66/h11-14,22-26,29-33,36-38,61-62H,9-10,15-21,49H2,1-8H3,(H,53,71)(H,54,69)(H,55,74)(H,56,70)(H,57,68)(H,58,67)(H,59,72)(H,60,73)(H,63,64)(H,65,66)(H,75,76)(H4,50,51,52)/t25-,26+,29-,30-,31-,32-,33-,36-,37-,38-/m0/s1. The Morgan fingerprint density at radius 1 is 0.526 bits per heavy atom. The predicted molar refractivity (Wildman–Crippen MR) is 273 cm³/mol. The first-order valence-corrected chi connectivity index (χ1v) is 24.7. The van der Waals surface area contributed by atoms with E-state index in [-0.39, 0.29) is 43.4 Å². The lowest BCUT2D eigenvalue weighted by Gasteiger charge is -2.30.